The van der Waals surface area contributed by atoms with Crippen LogP contribution in [0.5, 0.6) is 0 Å². The van der Waals surface area contributed by atoms with E-state index in [0.717, 1.165) is 69.6 Å². The Kier molecular flexibility index (Phi) is 45.7. The Bertz CT molecular complexity index is 916. The van der Waals surface area contributed by atoms with Gasteiger partial charge in [-0.15, -0.1) is 0 Å². The lowest BCUT2D eigenvalue weighted by Gasteiger charge is -2.18. The molecule has 6 heteroatoms. The molecule has 0 aliphatic carbocycles. The van der Waals surface area contributed by atoms with E-state index < -0.39 is 6.10 Å². The highest BCUT2D eigenvalue weighted by atomic mass is 16.6. The molecule has 0 aromatic rings. The predicted octanol–water partition coefficient (Wildman–Crippen LogP) is 17.3. The number of rotatable bonds is 48. The summed E-state index contributed by atoms with van der Waals surface area (Å²) < 4.78 is 16.8. The van der Waals surface area contributed by atoms with Gasteiger partial charge in [-0.1, -0.05) is 259 Å². The van der Waals surface area contributed by atoms with Crippen LogP contribution in [0.15, 0.2) is 0 Å². The fourth-order valence-corrected chi connectivity index (χ4v) is 8.17. The zero-order valence-corrected chi connectivity index (χ0v) is 41.1. The summed E-state index contributed by atoms with van der Waals surface area (Å²) in [5, 5.41) is 0. The summed E-state index contributed by atoms with van der Waals surface area (Å²) in [5.41, 5.74) is 0. The first-order valence-electron chi connectivity index (χ1n) is 26.7. The molecule has 0 radical (unpaired) electrons. The molecular formula is C54H104O6. The van der Waals surface area contributed by atoms with Gasteiger partial charge in [0.25, 0.3) is 0 Å². The van der Waals surface area contributed by atoms with E-state index in [1.54, 1.807) is 0 Å². The van der Waals surface area contributed by atoms with Crippen molar-refractivity contribution in [2.24, 2.45) is 11.8 Å². The van der Waals surface area contributed by atoms with Gasteiger partial charge in [0.15, 0.2) is 6.10 Å². The van der Waals surface area contributed by atoms with Crippen LogP contribution in [0.4, 0.5) is 0 Å². The minimum absolute atomic E-state index is 0.0638. The number of ether oxygens (including phenoxy) is 3. The lowest BCUT2D eigenvalue weighted by atomic mass is 10.0. The number of esters is 3. The van der Waals surface area contributed by atoms with Crippen molar-refractivity contribution < 1.29 is 28.6 Å². The van der Waals surface area contributed by atoms with E-state index in [-0.39, 0.29) is 31.1 Å². The number of unbranched alkanes of at least 4 members (excludes halogenated alkanes) is 33. The summed E-state index contributed by atoms with van der Waals surface area (Å²) in [6.07, 6.45) is 48.1. The molecule has 0 aromatic carbocycles. The first-order chi connectivity index (χ1) is 29.2. The van der Waals surface area contributed by atoms with Gasteiger partial charge in [0.2, 0.25) is 0 Å². The molecule has 0 spiro atoms. The Morgan fingerprint density at radius 1 is 0.317 bits per heavy atom. The van der Waals surface area contributed by atoms with E-state index in [9.17, 15) is 14.4 Å². The lowest BCUT2D eigenvalue weighted by Crippen LogP contribution is -2.30. The van der Waals surface area contributed by atoms with Gasteiger partial charge in [-0.2, -0.15) is 0 Å². The Morgan fingerprint density at radius 2 is 0.550 bits per heavy atom. The van der Waals surface area contributed by atoms with Gasteiger partial charge in [-0.25, -0.2) is 0 Å². The zero-order chi connectivity index (χ0) is 44.0. The van der Waals surface area contributed by atoms with Gasteiger partial charge in [-0.3, -0.25) is 14.4 Å². The van der Waals surface area contributed by atoms with Gasteiger partial charge < -0.3 is 14.2 Å². The largest absolute Gasteiger partial charge is 0.462 e. The van der Waals surface area contributed by atoms with Crippen molar-refractivity contribution in [3.8, 4) is 0 Å². The highest BCUT2D eigenvalue weighted by Gasteiger charge is 2.19. The first-order valence-corrected chi connectivity index (χ1v) is 26.7. The Balaban J connectivity index is 4.25. The standard InChI is InChI=1S/C54H104O6/c1-6-7-8-9-10-11-12-17-21-24-29-34-39-44-52(55)58-47-51(48-59-53(56)45-40-35-31-26-28-33-38-43-50(4)5)60-54(57)46-41-36-30-25-22-19-16-14-13-15-18-20-23-27-32-37-42-49(2)3/h49-51H,6-48H2,1-5H3/t51-/m0/s1. The number of carbonyl (C=O) groups excluding carboxylic acids is 3. The van der Waals surface area contributed by atoms with Gasteiger partial charge in [0.05, 0.1) is 0 Å². The third kappa shape index (κ3) is 47.5. The molecule has 0 bridgehead atoms. The van der Waals surface area contributed by atoms with E-state index in [0.29, 0.717) is 19.3 Å². The van der Waals surface area contributed by atoms with Crippen molar-refractivity contribution in [3.05, 3.63) is 0 Å². The van der Waals surface area contributed by atoms with Crippen LogP contribution < -0.4 is 0 Å². The molecular weight excluding hydrogens is 745 g/mol. The molecule has 0 saturated carbocycles. The summed E-state index contributed by atoms with van der Waals surface area (Å²) in [6, 6.07) is 0. The predicted molar refractivity (Wildman–Crippen MR) is 256 cm³/mol. The van der Waals surface area contributed by atoms with E-state index in [1.165, 1.54) is 186 Å². The van der Waals surface area contributed by atoms with Crippen molar-refractivity contribution in [2.75, 3.05) is 13.2 Å². The number of hydrogen-bond acceptors (Lipinski definition) is 6. The Morgan fingerprint density at radius 3 is 0.817 bits per heavy atom. The highest BCUT2D eigenvalue weighted by molar-refractivity contribution is 5.71. The molecule has 6 nitrogen and oxygen atoms in total. The van der Waals surface area contributed by atoms with Crippen LogP contribution >= 0.6 is 0 Å². The van der Waals surface area contributed by atoms with Crippen LogP contribution in [0.2, 0.25) is 0 Å². The average molecular weight is 849 g/mol. The normalized spacial score (nSPS) is 12.1. The van der Waals surface area contributed by atoms with Crippen LogP contribution in [0.25, 0.3) is 0 Å². The van der Waals surface area contributed by atoms with E-state index in [1.807, 2.05) is 0 Å². The molecule has 0 aliphatic rings. The summed E-state index contributed by atoms with van der Waals surface area (Å²) in [7, 11) is 0. The van der Waals surface area contributed by atoms with Crippen molar-refractivity contribution in [1.29, 1.82) is 0 Å². The molecule has 0 aliphatic heterocycles. The molecule has 0 fully saturated rings. The van der Waals surface area contributed by atoms with Crippen LogP contribution in [-0.2, 0) is 28.6 Å². The summed E-state index contributed by atoms with van der Waals surface area (Å²) in [5.74, 6) is 0.785. The Hall–Kier alpha value is -1.59. The van der Waals surface area contributed by atoms with Crippen LogP contribution in [0.1, 0.15) is 298 Å². The topological polar surface area (TPSA) is 78.9 Å². The molecule has 0 unspecified atom stereocenters. The van der Waals surface area contributed by atoms with E-state index >= 15 is 0 Å². The van der Waals surface area contributed by atoms with Crippen molar-refractivity contribution in [3.63, 3.8) is 0 Å². The van der Waals surface area contributed by atoms with Crippen LogP contribution in [0, 0.1) is 11.8 Å². The lowest BCUT2D eigenvalue weighted by molar-refractivity contribution is -0.167. The van der Waals surface area contributed by atoms with Crippen molar-refractivity contribution in [2.45, 2.75) is 304 Å². The molecule has 0 amide bonds. The molecule has 60 heavy (non-hydrogen) atoms. The smallest absolute Gasteiger partial charge is 0.306 e. The maximum Gasteiger partial charge on any atom is 0.306 e. The van der Waals surface area contributed by atoms with E-state index in [4.69, 9.17) is 14.2 Å². The second-order valence-electron chi connectivity index (χ2n) is 19.5. The van der Waals surface area contributed by atoms with Crippen molar-refractivity contribution >= 4 is 17.9 Å². The second kappa shape index (κ2) is 46.9. The highest BCUT2D eigenvalue weighted by Crippen LogP contribution is 2.18. The maximum atomic E-state index is 12.8. The second-order valence-corrected chi connectivity index (χ2v) is 19.5. The summed E-state index contributed by atoms with van der Waals surface area (Å²) in [6.45, 7) is 11.3. The quantitative estimate of drug-likeness (QED) is 0.0345. The zero-order valence-electron chi connectivity index (χ0n) is 41.1. The number of hydrogen-bond donors (Lipinski definition) is 0. The monoisotopic (exact) mass is 849 g/mol. The van der Waals surface area contributed by atoms with Crippen LogP contribution in [0.3, 0.4) is 0 Å². The third-order valence-electron chi connectivity index (χ3n) is 12.2. The molecule has 356 valence electrons. The molecule has 0 heterocycles. The fourth-order valence-electron chi connectivity index (χ4n) is 8.17. The van der Waals surface area contributed by atoms with Crippen LogP contribution in [-0.4, -0.2) is 37.2 Å². The van der Waals surface area contributed by atoms with Gasteiger partial charge in [-0.05, 0) is 31.1 Å². The molecule has 0 N–H and O–H groups in total. The maximum absolute atomic E-state index is 12.8. The third-order valence-corrected chi connectivity index (χ3v) is 12.2. The average Bonchev–Trinajstić information content (AvgIpc) is 3.22. The summed E-state index contributed by atoms with van der Waals surface area (Å²) >= 11 is 0. The SMILES string of the molecule is CCCCCCCCCCCCCCCC(=O)OC[C@@H](COC(=O)CCCCCCCCCC(C)C)OC(=O)CCCCCCCCCCCCCCCCCCC(C)C. The van der Waals surface area contributed by atoms with Gasteiger partial charge >= 0.3 is 17.9 Å². The molecule has 0 aromatic heterocycles. The van der Waals surface area contributed by atoms with Crippen molar-refractivity contribution in [1.82, 2.24) is 0 Å². The first kappa shape index (κ1) is 58.4. The minimum Gasteiger partial charge on any atom is -0.462 e. The molecule has 1 atom stereocenters. The van der Waals surface area contributed by atoms with Gasteiger partial charge in [0, 0.05) is 19.3 Å². The number of carbonyl (C=O) groups is 3. The van der Waals surface area contributed by atoms with E-state index in [2.05, 4.69) is 34.6 Å². The van der Waals surface area contributed by atoms with Gasteiger partial charge in [0.1, 0.15) is 13.2 Å². The Labute approximate surface area is 374 Å². The minimum atomic E-state index is -0.762. The summed E-state index contributed by atoms with van der Waals surface area (Å²) in [4.78, 5) is 37.9. The fraction of sp³-hybridized carbons (Fsp3) is 0.944. The molecule has 0 rings (SSSR count). The molecule has 0 saturated heterocycles.